The average molecular weight is 521 g/mol. The van der Waals surface area contributed by atoms with E-state index < -0.39 is 0 Å². The predicted octanol–water partition coefficient (Wildman–Crippen LogP) is 6.39. The van der Waals surface area contributed by atoms with Crippen LogP contribution in [-0.2, 0) is 6.42 Å². The quantitative estimate of drug-likeness (QED) is 0.361. The SMILES string of the molecule is O=C(NC1CCCCC1)c1ccc(NC(=O)c2cc(Br)ccc2OCCc2ccccc2)cc1. The van der Waals surface area contributed by atoms with E-state index >= 15 is 0 Å². The van der Waals surface area contributed by atoms with Crippen LogP contribution < -0.4 is 15.4 Å². The predicted molar refractivity (Wildman–Crippen MR) is 139 cm³/mol. The lowest BCUT2D eigenvalue weighted by molar-refractivity contribution is 0.0927. The van der Waals surface area contributed by atoms with Gasteiger partial charge in [0, 0.05) is 28.2 Å². The molecule has 1 fully saturated rings. The molecule has 0 radical (unpaired) electrons. The summed E-state index contributed by atoms with van der Waals surface area (Å²) >= 11 is 3.44. The van der Waals surface area contributed by atoms with Crippen molar-refractivity contribution in [2.75, 3.05) is 11.9 Å². The molecule has 176 valence electrons. The highest BCUT2D eigenvalue weighted by molar-refractivity contribution is 9.10. The number of halogens is 1. The van der Waals surface area contributed by atoms with E-state index in [0.717, 1.165) is 23.7 Å². The number of amides is 2. The van der Waals surface area contributed by atoms with Crippen molar-refractivity contribution in [3.8, 4) is 5.75 Å². The summed E-state index contributed by atoms with van der Waals surface area (Å²) in [4.78, 5) is 25.5. The third kappa shape index (κ3) is 6.70. The van der Waals surface area contributed by atoms with Crippen LogP contribution in [0.15, 0.2) is 77.3 Å². The lowest BCUT2D eigenvalue weighted by Crippen LogP contribution is -2.36. The Hall–Kier alpha value is -3.12. The van der Waals surface area contributed by atoms with E-state index in [4.69, 9.17) is 4.74 Å². The molecular weight excluding hydrogens is 492 g/mol. The summed E-state index contributed by atoms with van der Waals surface area (Å²) in [5.74, 6) is 0.196. The summed E-state index contributed by atoms with van der Waals surface area (Å²) in [6.45, 7) is 0.469. The number of anilines is 1. The molecule has 2 N–H and O–H groups in total. The molecule has 0 bridgehead atoms. The van der Waals surface area contributed by atoms with Crippen molar-refractivity contribution in [2.45, 2.75) is 44.6 Å². The molecule has 1 saturated carbocycles. The Labute approximate surface area is 209 Å². The van der Waals surface area contributed by atoms with E-state index in [9.17, 15) is 9.59 Å². The number of carbonyl (C=O) groups excluding carboxylic acids is 2. The van der Waals surface area contributed by atoms with Crippen molar-refractivity contribution in [1.29, 1.82) is 0 Å². The first-order chi connectivity index (χ1) is 16.6. The first kappa shape index (κ1) is 24.0. The summed E-state index contributed by atoms with van der Waals surface area (Å²) < 4.78 is 6.74. The van der Waals surface area contributed by atoms with Gasteiger partial charge in [0.25, 0.3) is 11.8 Å². The number of nitrogens with one attached hydrogen (secondary N) is 2. The molecule has 2 amide bonds. The molecule has 1 aliphatic rings. The van der Waals surface area contributed by atoms with Gasteiger partial charge < -0.3 is 15.4 Å². The fourth-order valence-corrected chi connectivity index (χ4v) is 4.51. The van der Waals surface area contributed by atoms with Gasteiger partial charge in [0.05, 0.1) is 12.2 Å². The number of carbonyl (C=O) groups is 2. The van der Waals surface area contributed by atoms with Crippen LogP contribution in [0.3, 0.4) is 0 Å². The molecule has 34 heavy (non-hydrogen) atoms. The van der Waals surface area contributed by atoms with Crippen LogP contribution in [-0.4, -0.2) is 24.5 Å². The summed E-state index contributed by atoms with van der Waals surface area (Å²) in [6.07, 6.45) is 6.43. The fraction of sp³-hybridized carbons (Fsp3) is 0.286. The molecule has 3 aromatic carbocycles. The first-order valence-corrected chi connectivity index (χ1v) is 12.6. The monoisotopic (exact) mass is 520 g/mol. The Balaban J connectivity index is 1.37. The Bertz CT molecular complexity index is 1110. The zero-order chi connectivity index (χ0) is 23.8. The second-order valence-corrected chi connectivity index (χ2v) is 9.48. The molecule has 1 aliphatic carbocycles. The molecule has 0 atom stereocenters. The maximum Gasteiger partial charge on any atom is 0.259 e. The highest BCUT2D eigenvalue weighted by Gasteiger charge is 2.17. The summed E-state index contributed by atoms with van der Waals surface area (Å²) in [5, 5.41) is 6.03. The lowest BCUT2D eigenvalue weighted by Gasteiger charge is -2.22. The largest absolute Gasteiger partial charge is 0.492 e. The Morgan fingerprint density at radius 3 is 2.35 bits per heavy atom. The number of hydrogen-bond acceptors (Lipinski definition) is 3. The van der Waals surface area contributed by atoms with Crippen LogP contribution in [0.1, 0.15) is 58.4 Å². The minimum absolute atomic E-state index is 0.0640. The average Bonchev–Trinajstić information content (AvgIpc) is 2.86. The van der Waals surface area contributed by atoms with E-state index in [1.165, 1.54) is 24.8 Å². The van der Waals surface area contributed by atoms with Gasteiger partial charge in [-0.15, -0.1) is 0 Å². The number of benzene rings is 3. The molecule has 4 rings (SSSR count). The molecule has 6 heteroatoms. The minimum Gasteiger partial charge on any atom is -0.492 e. The Morgan fingerprint density at radius 1 is 0.882 bits per heavy atom. The van der Waals surface area contributed by atoms with Gasteiger partial charge in [0.15, 0.2) is 0 Å². The number of ether oxygens (including phenoxy) is 1. The molecule has 0 spiro atoms. The molecule has 3 aromatic rings. The maximum atomic E-state index is 13.0. The van der Waals surface area contributed by atoms with E-state index in [-0.39, 0.29) is 17.9 Å². The second kappa shape index (κ2) is 11.8. The maximum absolute atomic E-state index is 13.0. The fourth-order valence-electron chi connectivity index (χ4n) is 4.15. The van der Waals surface area contributed by atoms with E-state index in [2.05, 4.69) is 38.7 Å². The van der Waals surface area contributed by atoms with E-state index in [1.54, 1.807) is 36.4 Å². The van der Waals surface area contributed by atoms with Gasteiger partial charge in [0.1, 0.15) is 5.75 Å². The van der Waals surface area contributed by atoms with Gasteiger partial charge in [-0.3, -0.25) is 9.59 Å². The zero-order valence-electron chi connectivity index (χ0n) is 19.1. The van der Waals surface area contributed by atoms with E-state index in [0.29, 0.717) is 29.2 Å². The highest BCUT2D eigenvalue weighted by atomic mass is 79.9. The van der Waals surface area contributed by atoms with Gasteiger partial charge in [0.2, 0.25) is 0 Å². The molecule has 0 aliphatic heterocycles. The van der Waals surface area contributed by atoms with Gasteiger partial charge in [-0.25, -0.2) is 0 Å². The molecule has 0 aromatic heterocycles. The van der Waals surface area contributed by atoms with Crippen molar-refractivity contribution in [3.63, 3.8) is 0 Å². The second-order valence-electron chi connectivity index (χ2n) is 8.56. The van der Waals surface area contributed by atoms with Crippen LogP contribution in [0.25, 0.3) is 0 Å². The van der Waals surface area contributed by atoms with Crippen LogP contribution >= 0.6 is 15.9 Å². The van der Waals surface area contributed by atoms with Crippen LogP contribution in [0.4, 0.5) is 5.69 Å². The van der Waals surface area contributed by atoms with Crippen molar-refractivity contribution in [3.05, 3.63) is 94.0 Å². The zero-order valence-corrected chi connectivity index (χ0v) is 20.6. The van der Waals surface area contributed by atoms with Crippen molar-refractivity contribution in [2.24, 2.45) is 0 Å². The van der Waals surface area contributed by atoms with Crippen molar-refractivity contribution >= 4 is 33.4 Å². The molecule has 0 unspecified atom stereocenters. The smallest absolute Gasteiger partial charge is 0.259 e. The molecule has 5 nitrogen and oxygen atoms in total. The molecule has 0 saturated heterocycles. The van der Waals surface area contributed by atoms with Gasteiger partial charge in [-0.1, -0.05) is 65.5 Å². The standard InChI is InChI=1S/C28H29BrN2O3/c29-22-13-16-26(34-18-17-20-7-3-1-4-8-20)25(19-22)28(33)31-24-14-11-21(12-15-24)27(32)30-23-9-5-2-6-10-23/h1,3-4,7-8,11-16,19,23H,2,5-6,9-10,17-18H2,(H,30,32)(H,31,33). The Morgan fingerprint density at radius 2 is 1.62 bits per heavy atom. The summed E-state index contributed by atoms with van der Waals surface area (Å²) in [5.41, 5.74) is 2.84. The summed E-state index contributed by atoms with van der Waals surface area (Å²) in [7, 11) is 0. The third-order valence-electron chi connectivity index (χ3n) is 6.02. The van der Waals surface area contributed by atoms with Gasteiger partial charge in [-0.05, 0) is 60.9 Å². The van der Waals surface area contributed by atoms with Crippen LogP contribution in [0.2, 0.25) is 0 Å². The number of hydrogen-bond donors (Lipinski definition) is 2. The highest BCUT2D eigenvalue weighted by Crippen LogP contribution is 2.25. The van der Waals surface area contributed by atoms with Gasteiger partial charge in [-0.2, -0.15) is 0 Å². The van der Waals surface area contributed by atoms with Crippen molar-refractivity contribution in [1.82, 2.24) is 5.32 Å². The first-order valence-electron chi connectivity index (χ1n) is 11.8. The summed E-state index contributed by atoms with van der Waals surface area (Å²) in [6, 6.07) is 22.7. The third-order valence-corrected chi connectivity index (χ3v) is 6.52. The van der Waals surface area contributed by atoms with Gasteiger partial charge >= 0.3 is 0 Å². The lowest BCUT2D eigenvalue weighted by atomic mass is 9.95. The van der Waals surface area contributed by atoms with Crippen molar-refractivity contribution < 1.29 is 14.3 Å². The normalized spacial score (nSPS) is 13.8. The van der Waals surface area contributed by atoms with Crippen LogP contribution in [0, 0.1) is 0 Å². The molecule has 0 heterocycles. The van der Waals surface area contributed by atoms with E-state index in [1.807, 2.05) is 24.3 Å². The number of rotatable bonds is 8. The molecular formula is C28H29BrN2O3. The minimum atomic E-state index is -0.268. The topological polar surface area (TPSA) is 67.4 Å². The Kier molecular flexibility index (Phi) is 8.36. The van der Waals surface area contributed by atoms with Crippen LogP contribution in [0.5, 0.6) is 5.75 Å².